The molecule has 114 valence electrons. The van der Waals surface area contributed by atoms with E-state index in [4.69, 9.17) is 0 Å². The van der Waals surface area contributed by atoms with Crippen molar-refractivity contribution < 1.29 is 9.71 Å². The lowest BCUT2D eigenvalue weighted by atomic mass is 10.2. The third-order valence-electron chi connectivity index (χ3n) is 3.77. The molecule has 0 bridgehead atoms. The van der Waals surface area contributed by atoms with E-state index >= 15 is 0 Å². The fraction of sp³-hybridized carbons (Fsp3) is 0.357. The van der Waals surface area contributed by atoms with E-state index in [-0.39, 0.29) is 5.82 Å². The molecule has 4 rings (SSSR count). The fourth-order valence-corrected chi connectivity index (χ4v) is 4.48. The number of benzene rings is 1. The molecule has 1 atom stereocenters. The SMILES string of the molecule is Fc1ccc(CSc2nn3c([C@H]4CCC[NH2+]4)nnc3s2)cc1. The van der Waals surface area contributed by atoms with Gasteiger partial charge in [0.25, 0.3) is 0 Å². The van der Waals surface area contributed by atoms with Crippen molar-refractivity contribution in [2.75, 3.05) is 6.54 Å². The lowest BCUT2D eigenvalue weighted by Crippen LogP contribution is -2.82. The van der Waals surface area contributed by atoms with Crippen molar-refractivity contribution in [3.05, 3.63) is 41.5 Å². The summed E-state index contributed by atoms with van der Waals surface area (Å²) in [6.07, 6.45) is 2.35. The zero-order chi connectivity index (χ0) is 14.9. The highest BCUT2D eigenvalue weighted by molar-refractivity contribution is 8.00. The molecule has 2 aromatic heterocycles. The molecule has 3 heterocycles. The number of rotatable bonds is 4. The average Bonchev–Trinajstić information content (AvgIpc) is 3.22. The Labute approximate surface area is 135 Å². The largest absolute Gasteiger partial charge is 0.337 e. The first kappa shape index (κ1) is 14.1. The first-order valence-electron chi connectivity index (χ1n) is 7.22. The Kier molecular flexibility index (Phi) is 3.81. The summed E-state index contributed by atoms with van der Waals surface area (Å²) < 4.78 is 15.7. The summed E-state index contributed by atoms with van der Waals surface area (Å²) in [6.45, 7) is 1.15. The Hall–Kier alpha value is -1.51. The van der Waals surface area contributed by atoms with E-state index in [2.05, 4.69) is 20.6 Å². The number of aromatic nitrogens is 4. The predicted molar refractivity (Wildman–Crippen MR) is 83.4 cm³/mol. The zero-order valence-electron chi connectivity index (χ0n) is 11.8. The van der Waals surface area contributed by atoms with Gasteiger partial charge in [-0.3, -0.25) is 0 Å². The molecule has 1 saturated heterocycles. The molecule has 0 radical (unpaired) electrons. The van der Waals surface area contributed by atoms with Gasteiger partial charge in [0, 0.05) is 18.6 Å². The maximum Gasteiger partial charge on any atom is 0.235 e. The van der Waals surface area contributed by atoms with Gasteiger partial charge in [0.1, 0.15) is 11.9 Å². The van der Waals surface area contributed by atoms with Gasteiger partial charge in [0.15, 0.2) is 4.34 Å². The Bertz CT molecular complexity index is 776. The molecule has 3 aromatic rings. The van der Waals surface area contributed by atoms with Crippen molar-refractivity contribution in [1.29, 1.82) is 0 Å². The van der Waals surface area contributed by atoms with Crippen LogP contribution in [0.5, 0.6) is 0 Å². The van der Waals surface area contributed by atoms with Gasteiger partial charge in [0.05, 0.1) is 6.54 Å². The number of hydrogen-bond donors (Lipinski definition) is 1. The van der Waals surface area contributed by atoms with E-state index in [0.29, 0.717) is 6.04 Å². The molecular formula is C14H15FN5S2+. The third kappa shape index (κ3) is 2.73. The number of halogens is 1. The molecule has 0 amide bonds. The number of fused-ring (bicyclic) bond motifs is 1. The average molecular weight is 336 g/mol. The lowest BCUT2D eigenvalue weighted by molar-refractivity contribution is -0.677. The van der Waals surface area contributed by atoms with Crippen LogP contribution in [0.4, 0.5) is 4.39 Å². The summed E-state index contributed by atoms with van der Waals surface area (Å²) in [7, 11) is 0. The van der Waals surface area contributed by atoms with Crippen LogP contribution in [0.1, 0.15) is 30.3 Å². The van der Waals surface area contributed by atoms with Crippen LogP contribution in [0.2, 0.25) is 0 Å². The van der Waals surface area contributed by atoms with Crippen molar-refractivity contribution in [1.82, 2.24) is 19.8 Å². The van der Waals surface area contributed by atoms with Crippen molar-refractivity contribution in [2.45, 2.75) is 29.0 Å². The van der Waals surface area contributed by atoms with Crippen molar-refractivity contribution in [3.63, 3.8) is 0 Å². The van der Waals surface area contributed by atoms with Crippen LogP contribution in [0, 0.1) is 5.82 Å². The molecule has 1 aromatic carbocycles. The van der Waals surface area contributed by atoms with Gasteiger partial charge < -0.3 is 5.32 Å². The monoisotopic (exact) mass is 336 g/mol. The van der Waals surface area contributed by atoms with Crippen LogP contribution in [0.15, 0.2) is 28.6 Å². The molecule has 0 saturated carbocycles. The summed E-state index contributed by atoms with van der Waals surface area (Å²) in [4.78, 5) is 0.844. The van der Waals surface area contributed by atoms with E-state index in [1.54, 1.807) is 23.1 Å². The number of quaternary nitrogens is 1. The molecule has 1 aliphatic heterocycles. The molecule has 1 fully saturated rings. The minimum Gasteiger partial charge on any atom is -0.337 e. The van der Waals surface area contributed by atoms with E-state index in [1.807, 2.05) is 16.6 Å². The quantitative estimate of drug-likeness (QED) is 0.741. The molecule has 0 unspecified atom stereocenters. The first-order valence-corrected chi connectivity index (χ1v) is 9.02. The molecule has 2 N–H and O–H groups in total. The summed E-state index contributed by atoms with van der Waals surface area (Å²) >= 11 is 3.20. The van der Waals surface area contributed by atoms with Crippen molar-refractivity contribution >= 4 is 28.1 Å². The van der Waals surface area contributed by atoms with Crippen LogP contribution >= 0.6 is 23.1 Å². The maximum atomic E-state index is 12.9. The Morgan fingerprint density at radius 2 is 2.18 bits per heavy atom. The fourth-order valence-electron chi connectivity index (χ4n) is 2.64. The van der Waals surface area contributed by atoms with Gasteiger partial charge in [-0.15, -0.1) is 15.3 Å². The third-order valence-corrected chi connectivity index (χ3v) is 5.88. The van der Waals surface area contributed by atoms with Crippen LogP contribution in [0.3, 0.4) is 0 Å². The maximum absolute atomic E-state index is 12.9. The Morgan fingerprint density at radius 3 is 2.95 bits per heavy atom. The van der Waals surface area contributed by atoms with Crippen LogP contribution in [-0.4, -0.2) is 26.4 Å². The molecule has 22 heavy (non-hydrogen) atoms. The standard InChI is InChI=1S/C14H14FN5S2/c15-10-5-3-9(4-6-10)8-21-14-19-20-12(11-2-1-7-16-11)17-18-13(20)22-14/h3-6,11,16H,1-2,7-8H2/p+1/t11-/m1/s1. The summed E-state index contributed by atoms with van der Waals surface area (Å²) in [5, 5.41) is 15.5. The van der Waals surface area contributed by atoms with Crippen LogP contribution in [-0.2, 0) is 5.75 Å². The second-order valence-corrected chi connectivity index (χ2v) is 7.49. The van der Waals surface area contributed by atoms with Gasteiger partial charge in [-0.1, -0.05) is 35.2 Å². The Morgan fingerprint density at radius 1 is 1.32 bits per heavy atom. The highest BCUT2D eigenvalue weighted by atomic mass is 32.2. The van der Waals surface area contributed by atoms with E-state index in [9.17, 15) is 4.39 Å². The van der Waals surface area contributed by atoms with Gasteiger partial charge in [-0.25, -0.2) is 4.39 Å². The zero-order valence-corrected chi connectivity index (χ0v) is 13.4. The van der Waals surface area contributed by atoms with E-state index in [1.165, 1.54) is 18.6 Å². The van der Waals surface area contributed by atoms with Gasteiger partial charge in [-0.2, -0.15) is 4.52 Å². The van der Waals surface area contributed by atoms with Gasteiger partial charge >= 0.3 is 0 Å². The Balaban J connectivity index is 1.51. The number of nitrogens with zero attached hydrogens (tertiary/aromatic N) is 4. The van der Waals surface area contributed by atoms with Gasteiger partial charge in [0.2, 0.25) is 10.8 Å². The molecule has 5 nitrogen and oxygen atoms in total. The van der Waals surface area contributed by atoms with Crippen molar-refractivity contribution in [3.8, 4) is 0 Å². The summed E-state index contributed by atoms with van der Waals surface area (Å²) in [5.41, 5.74) is 1.08. The second kappa shape index (κ2) is 5.94. The first-order chi connectivity index (χ1) is 10.8. The molecule has 0 aliphatic carbocycles. The molecule has 8 heteroatoms. The minimum atomic E-state index is -0.204. The smallest absolute Gasteiger partial charge is 0.235 e. The second-order valence-electron chi connectivity index (χ2n) is 5.31. The highest BCUT2D eigenvalue weighted by Gasteiger charge is 2.27. The molecule has 0 spiro atoms. The lowest BCUT2D eigenvalue weighted by Gasteiger charge is -2.01. The molecule has 1 aliphatic rings. The van der Waals surface area contributed by atoms with Gasteiger partial charge in [-0.05, 0) is 17.7 Å². The highest BCUT2D eigenvalue weighted by Crippen LogP contribution is 2.28. The van der Waals surface area contributed by atoms with Crippen LogP contribution in [0.25, 0.3) is 4.96 Å². The number of thioether (sulfide) groups is 1. The predicted octanol–water partition coefficient (Wildman–Crippen LogP) is 2.02. The van der Waals surface area contributed by atoms with Crippen LogP contribution < -0.4 is 5.32 Å². The topological polar surface area (TPSA) is 59.7 Å². The normalized spacial score (nSPS) is 18.3. The summed E-state index contributed by atoms with van der Waals surface area (Å²) in [5.74, 6) is 1.53. The van der Waals surface area contributed by atoms with E-state index in [0.717, 1.165) is 39.4 Å². The summed E-state index contributed by atoms with van der Waals surface area (Å²) in [6, 6.07) is 6.97. The minimum absolute atomic E-state index is 0.204. The number of nitrogens with two attached hydrogens (primary N) is 1. The molecular weight excluding hydrogens is 321 g/mol. The van der Waals surface area contributed by atoms with E-state index < -0.39 is 0 Å². The van der Waals surface area contributed by atoms with Crippen molar-refractivity contribution in [2.24, 2.45) is 0 Å². The number of hydrogen-bond acceptors (Lipinski definition) is 5.